The van der Waals surface area contributed by atoms with E-state index in [4.69, 9.17) is 15.2 Å². The van der Waals surface area contributed by atoms with E-state index in [1.165, 1.54) is 6.33 Å². The molecule has 0 aliphatic rings. The predicted octanol–water partition coefficient (Wildman–Crippen LogP) is 2.77. The number of nitrogens with two attached hydrogens (primary N) is 1. The van der Waals surface area contributed by atoms with Gasteiger partial charge in [-0.2, -0.15) is 0 Å². The summed E-state index contributed by atoms with van der Waals surface area (Å²) in [6.45, 7) is 2.09. The van der Waals surface area contributed by atoms with Crippen molar-refractivity contribution in [2.45, 2.75) is 19.8 Å². The van der Waals surface area contributed by atoms with E-state index in [-0.39, 0.29) is 0 Å². The van der Waals surface area contributed by atoms with E-state index in [1.807, 2.05) is 18.2 Å². The first-order valence-corrected chi connectivity index (χ1v) is 6.78. The number of nitrogens with zero attached hydrogens (tertiary/aromatic N) is 2. The first-order chi connectivity index (χ1) is 10.2. The molecule has 0 amide bonds. The van der Waals surface area contributed by atoms with Crippen molar-refractivity contribution in [2.75, 3.05) is 25.3 Å². The quantitative estimate of drug-likeness (QED) is 0.850. The number of hydrogen-bond acceptors (Lipinski definition) is 6. The summed E-state index contributed by atoms with van der Waals surface area (Å²) < 4.78 is 10.6. The number of nitrogens with one attached hydrogen (secondary N) is 1. The Balaban J connectivity index is 2.39. The molecule has 6 nitrogen and oxygen atoms in total. The third-order valence-electron chi connectivity index (χ3n) is 3.14. The summed E-state index contributed by atoms with van der Waals surface area (Å²) in [6.07, 6.45) is 3.21. The number of methoxy groups -OCH3 is 2. The van der Waals surface area contributed by atoms with Gasteiger partial charge < -0.3 is 20.5 Å². The highest BCUT2D eigenvalue weighted by Crippen LogP contribution is 2.32. The van der Waals surface area contributed by atoms with Gasteiger partial charge in [0.2, 0.25) is 0 Å². The van der Waals surface area contributed by atoms with Gasteiger partial charge in [-0.05, 0) is 18.6 Å². The number of anilines is 3. The largest absolute Gasteiger partial charge is 0.497 e. The summed E-state index contributed by atoms with van der Waals surface area (Å²) in [6, 6.07) is 5.53. The lowest BCUT2D eigenvalue weighted by atomic mass is 10.1. The molecule has 0 atom stereocenters. The second-order valence-electron chi connectivity index (χ2n) is 4.53. The Hall–Kier alpha value is -2.50. The van der Waals surface area contributed by atoms with E-state index in [0.29, 0.717) is 17.4 Å². The number of aromatic nitrogens is 2. The fourth-order valence-corrected chi connectivity index (χ4v) is 2.07. The lowest BCUT2D eigenvalue weighted by Gasteiger charge is -2.15. The highest BCUT2D eigenvalue weighted by atomic mass is 16.5. The van der Waals surface area contributed by atoms with Crippen LogP contribution < -0.4 is 20.5 Å². The van der Waals surface area contributed by atoms with Crippen LogP contribution in [0.1, 0.15) is 18.9 Å². The molecule has 0 saturated carbocycles. The van der Waals surface area contributed by atoms with Crippen LogP contribution in [0.3, 0.4) is 0 Å². The normalized spacial score (nSPS) is 10.2. The summed E-state index contributed by atoms with van der Waals surface area (Å²) >= 11 is 0. The maximum absolute atomic E-state index is 5.94. The molecule has 0 spiro atoms. The Bertz CT molecular complexity index is 617. The maximum atomic E-state index is 5.94. The van der Waals surface area contributed by atoms with Crippen LogP contribution in [0.5, 0.6) is 11.5 Å². The van der Waals surface area contributed by atoms with Gasteiger partial charge in [-0.15, -0.1) is 0 Å². The van der Waals surface area contributed by atoms with Crippen molar-refractivity contribution in [1.29, 1.82) is 0 Å². The second kappa shape index (κ2) is 6.78. The van der Waals surface area contributed by atoms with Crippen molar-refractivity contribution in [1.82, 2.24) is 9.97 Å². The van der Waals surface area contributed by atoms with E-state index < -0.39 is 0 Å². The third kappa shape index (κ3) is 3.34. The molecule has 0 saturated heterocycles. The van der Waals surface area contributed by atoms with Gasteiger partial charge in [0.1, 0.15) is 29.5 Å². The molecule has 112 valence electrons. The standard InChI is InChI=1S/C15H20N4O2/c1-4-5-11-14(16)17-9-18-15(11)19-12-8-10(20-2)6-7-13(12)21-3/h6-9H,4-5H2,1-3H3,(H3,16,17,18,19). The first kappa shape index (κ1) is 14.9. The van der Waals surface area contributed by atoms with Crippen LogP contribution in [0.15, 0.2) is 24.5 Å². The number of benzene rings is 1. The summed E-state index contributed by atoms with van der Waals surface area (Å²) in [4.78, 5) is 8.33. The first-order valence-electron chi connectivity index (χ1n) is 6.78. The number of nitrogen functional groups attached to an aromatic ring is 1. The van der Waals surface area contributed by atoms with Crippen LogP contribution in [0.2, 0.25) is 0 Å². The summed E-state index contributed by atoms with van der Waals surface area (Å²) in [7, 11) is 3.24. The lowest BCUT2D eigenvalue weighted by molar-refractivity contribution is 0.405. The van der Waals surface area contributed by atoms with Crippen molar-refractivity contribution in [3.05, 3.63) is 30.1 Å². The molecular formula is C15H20N4O2. The van der Waals surface area contributed by atoms with Crippen molar-refractivity contribution in [3.63, 3.8) is 0 Å². The molecule has 1 heterocycles. The Morgan fingerprint density at radius 2 is 2.00 bits per heavy atom. The molecular weight excluding hydrogens is 268 g/mol. The van der Waals surface area contributed by atoms with E-state index in [2.05, 4.69) is 22.2 Å². The summed E-state index contributed by atoms with van der Waals surface area (Å²) in [5.74, 6) is 2.62. The Labute approximate surface area is 124 Å². The molecule has 0 bridgehead atoms. The van der Waals surface area contributed by atoms with Crippen molar-refractivity contribution in [2.24, 2.45) is 0 Å². The molecule has 3 N–H and O–H groups in total. The molecule has 21 heavy (non-hydrogen) atoms. The summed E-state index contributed by atoms with van der Waals surface area (Å²) in [5, 5.41) is 3.26. The van der Waals surface area contributed by atoms with Gasteiger partial charge in [-0.25, -0.2) is 9.97 Å². The third-order valence-corrected chi connectivity index (χ3v) is 3.14. The molecule has 2 rings (SSSR count). The van der Waals surface area contributed by atoms with Gasteiger partial charge in [0, 0.05) is 11.6 Å². The fraction of sp³-hybridized carbons (Fsp3) is 0.333. The maximum Gasteiger partial charge on any atom is 0.142 e. The fourth-order valence-electron chi connectivity index (χ4n) is 2.07. The van der Waals surface area contributed by atoms with E-state index in [9.17, 15) is 0 Å². The molecule has 0 aliphatic carbocycles. The van der Waals surface area contributed by atoms with Gasteiger partial charge in [0.25, 0.3) is 0 Å². The zero-order valence-electron chi connectivity index (χ0n) is 12.5. The van der Waals surface area contributed by atoms with Crippen molar-refractivity contribution >= 4 is 17.3 Å². The number of rotatable bonds is 6. The lowest BCUT2D eigenvalue weighted by Crippen LogP contribution is -2.06. The van der Waals surface area contributed by atoms with Crippen LogP contribution in [-0.4, -0.2) is 24.2 Å². The minimum atomic E-state index is 0.496. The van der Waals surface area contributed by atoms with Crippen LogP contribution in [-0.2, 0) is 6.42 Å². The van der Waals surface area contributed by atoms with E-state index in [0.717, 1.165) is 29.8 Å². The molecule has 6 heteroatoms. The van der Waals surface area contributed by atoms with Gasteiger partial charge in [0.05, 0.1) is 19.9 Å². The zero-order valence-corrected chi connectivity index (χ0v) is 12.5. The van der Waals surface area contributed by atoms with Crippen LogP contribution >= 0.6 is 0 Å². The van der Waals surface area contributed by atoms with Gasteiger partial charge >= 0.3 is 0 Å². The topological polar surface area (TPSA) is 82.3 Å². The predicted molar refractivity (Wildman–Crippen MR) is 83.3 cm³/mol. The van der Waals surface area contributed by atoms with E-state index >= 15 is 0 Å². The minimum Gasteiger partial charge on any atom is -0.497 e. The molecule has 0 radical (unpaired) electrons. The molecule has 1 aromatic carbocycles. The monoisotopic (exact) mass is 288 g/mol. The van der Waals surface area contributed by atoms with Gasteiger partial charge in [-0.3, -0.25) is 0 Å². The smallest absolute Gasteiger partial charge is 0.142 e. The average molecular weight is 288 g/mol. The van der Waals surface area contributed by atoms with Gasteiger partial charge in [-0.1, -0.05) is 13.3 Å². The van der Waals surface area contributed by atoms with Crippen molar-refractivity contribution in [3.8, 4) is 11.5 Å². The van der Waals surface area contributed by atoms with E-state index in [1.54, 1.807) is 14.2 Å². The van der Waals surface area contributed by atoms with Gasteiger partial charge in [0.15, 0.2) is 0 Å². The van der Waals surface area contributed by atoms with Crippen molar-refractivity contribution < 1.29 is 9.47 Å². The minimum absolute atomic E-state index is 0.496. The Morgan fingerprint density at radius 3 is 2.67 bits per heavy atom. The molecule has 0 aliphatic heterocycles. The van der Waals surface area contributed by atoms with Crippen LogP contribution in [0.25, 0.3) is 0 Å². The highest BCUT2D eigenvalue weighted by Gasteiger charge is 2.12. The molecule has 1 aromatic heterocycles. The number of ether oxygens (including phenoxy) is 2. The SMILES string of the molecule is CCCc1c(N)ncnc1Nc1cc(OC)ccc1OC. The number of hydrogen-bond donors (Lipinski definition) is 2. The molecule has 0 fully saturated rings. The summed E-state index contributed by atoms with van der Waals surface area (Å²) in [5.41, 5.74) is 7.62. The molecule has 0 unspecified atom stereocenters. The second-order valence-corrected chi connectivity index (χ2v) is 4.53. The Morgan fingerprint density at radius 1 is 1.19 bits per heavy atom. The molecule has 2 aromatic rings. The Kier molecular flexibility index (Phi) is 4.81. The highest BCUT2D eigenvalue weighted by molar-refractivity contribution is 5.69. The zero-order chi connectivity index (χ0) is 15.2. The van der Waals surface area contributed by atoms with Crippen LogP contribution in [0, 0.1) is 0 Å². The van der Waals surface area contributed by atoms with Crippen LogP contribution in [0.4, 0.5) is 17.3 Å². The average Bonchev–Trinajstić information content (AvgIpc) is 2.50.